The van der Waals surface area contributed by atoms with Crippen LogP contribution in [0.4, 0.5) is 0 Å². The van der Waals surface area contributed by atoms with Gasteiger partial charge in [0.2, 0.25) is 0 Å². The number of hydrogen-bond acceptors (Lipinski definition) is 2. The molecule has 0 saturated carbocycles. The summed E-state index contributed by atoms with van der Waals surface area (Å²) in [6.45, 7) is 9.86. The largest absolute Gasteiger partial charge is 0.390 e. The average Bonchev–Trinajstić information content (AvgIpc) is 2.21. The molecule has 0 amide bonds. The molecular weight excluding hydrogens is 200 g/mol. The molecule has 1 rings (SSSR count). The van der Waals surface area contributed by atoms with Crippen molar-refractivity contribution in [2.75, 3.05) is 0 Å². The molecule has 0 spiro atoms. The van der Waals surface area contributed by atoms with Crippen molar-refractivity contribution in [3.8, 4) is 0 Å². The summed E-state index contributed by atoms with van der Waals surface area (Å²) < 4.78 is 0. The van der Waals surface area contributed by atoms with E-state index in [9.17, 15) is 10.2 Å². The van der Waals surface area contributed by atoms with Crippen LogP contribution in [0.15, 0.2) is 12.1 Å². The Balaban J connectivity index is 3.08. The molecule has 0 aliphatic rings. The van der Waals surface area contributed by atoms with Crippen molar-refractivity contribution in [2.45, 2.75) is 46.8 Å². The van der Waals surface area contributed by atoms with E-state index in [0.717, 1.165) is 16.7 Å². The van der Waals surface area contributed by atoms with Gasteiger partial charge in [0, 0.05) is 0 Å². The highest BCUT2D eigenvalue weighted by Gasteiger charge is 2.23. The first-order valence-corrected chi connectivity index (χ1v) is 5.78. The lowest BCUT2D eigenvalue weighted by atomic mass is 9.91. The van der Waals surface area contributed by atoms with Gasteiger partial charge >= 0.3 is 0 Å². The maximum Gasteiger partial charge on any atom is 0.105 e. The molecule has 0 aliphatic carbocycles. The fraction of sp³-hybridized carbons (Fsp3) is 0.571. The molecule has 2 N–H and O–H groups in total. The van der Waals surface area contributed by atoms with Crippen LogP contribution >= 0.6 is 0 Å². The normalized spacial score (nSPS) is 15.2. The van der Waals surface area contributed by atoms with Gasteiger partial charge in [0.25, 0.3) is 0 Å². The van der Waals surface area contributed by atoms with Crippen molar-refractivity contribution in [3.63, 3.8) is 0 Å². The zero-order chi connectivity index (χ0) is 12.5. The molecule has 2 heteroatoms. The second-order valence-electron chi connectivity index (χ2n) is 4.97. The van der Waals surface area contributed by atoms with Gasteiger partial charge in [0.1, 0.15) is 6.10 Å². The first kappa shape index (κ1) is 13.2. The SMILES string of the molecule is Cc1cc(C)c(C(O)C(O)C(C)C)cc1C. The molecule has 0 fully saturated rings. The smallest absolute Gasteiger partial charge is 0.105 e. The van der Waals surface area contributed by atoms with Crippen molar-refractivity contribution < 1.29 is 10.2 Å². The van der Waals surface area contributed by atoms with E-state index in [1.807, 2.05) is 33.8 Å². The Morgan fingerprint density at radius 2 is 1.38 bits per heavy atom. The molecule has 0 saturated heterocycles. The highest BCUT2D eigenvalue weighted by atomic mass is 16.3. The minimum absolute atomic E-state index is 0.0519. The van der Waals surface area contributed by atoms with Gasteiger partial charge in [-0.05, 0) is 48.9 Å². The third-order valence-electron chi connectivity index (χ3n) is 3.21. The standard InChI is InChI=1S/C14H22O2/c1-8(2)13(15)14(16)12-7-10(4)9(3)6-11(12)5/h6-8,13-16H,1-5H3. The predicted molar refractivity (Wildman–Crippen MR) is 66.5 cm³/mol. The number of benzene rings is 1. The Kier molecular flexibility index (Phi) is 4.11. The molecule has 0 aromatic heterocycles. The summed E-state index contributed by atoms with van der Waals surface area (Å²) in [6.07, 6.45) is -1.50. The first-order chi connectivity index (χ1) is 7.34. The van der Waals surface area contributed by atoms with E-state index in [2.05, 4.69) is 13.0 Å². The summed E-state index contributed by atoms with van der Waals surface area (Å²) in [4.78, 5) is 0. The molecule has 1 aromatic carbocycles. The van der Waals surface area contributed by atoms with Gasteiger partial charge in [-0.1, -0.05) is 26.0 Å². The van der Waals surface area contributed by atoms with Crippen molar-refractivity contribution in [1.82, 2.24) is 0 Å². The van der Waals surface area contributed by atoms with Gasteiger partial charge in [-0.3, -0.25) is 0 Å². The van der Waals surface area contributed by atoms with E-state index >= 15 is 0 Å². The Morgan fingerprint density at radius 3 is 1.88 bits per heavy atom. The first-order valence-electron chi connectivity index (χ1n) is 5.78. The average molecular weight is 222 g/mol. The van der Waals surface area contributed by atoms with Crippen LogP contribution in [0.3, 0.4) is 0 Å². The van der Waals surface area contributed by atoms with Crippen LogP contribution in [0.1, 0.15) is 42.2 Å². The molecule has 90 valence electrons. The fourth-order valence-corrected chi connectivity index (χ4v) is 1.85. The number of aryl methyl sites for hydroxylation is 3. The van der Waals surface area contributed by atoms with Crippen LogP contribution < -0.4 is 0 Å². The Hall–Kier alpha value is -0.860. The monoisotopic (exact) mass is 222 g/mol. The lowest BCUT2D eigenvalue weighted by Gasteiger charge is -2.23. The fourth-order valence-electron chi connectivity index (χ4n) is 1.85. The van der Waals surface area contributed by atoms with Crippen molar-refractivity contribution in [3.05, 3.63) is 34.4 Å². The second-order valence-corrected chi connectivity index (χ2v) is 4.97. The quantitative estimate of drug-likeness (QED) is 0.825. The van der Waals surface area contributed by atoms with E-state index in [4.69, 9.17) is 0 Å². The molecule has 1 aromatic rings. The number of aliphatic hydroxyl groups excluding tert-OH is 2. The Morgan fingerprint density at radius 1 is 0.875 bits per heavy atom. The molecule has 0 radical (unpaired) electrons. The predicted octanol–water partition coefficient (Wildman–Crippen LogP) is 2.66. The van der Waals surface area contributed by atoms with Gasteiger partial charge in [-0.2, -0.15) is 0 Å². The maximum absolute atomic E-state index is 10.1. The maximum atomic E-state index is 10.1. The number of hydrogen-bond donors (Lipinski definition) is 2. The van der Waals surface area contributed by atoms with Gasteiger partial charge in [0.15, 0.2) is 0 Å². The van der Waals surface area contributed by atoms with Gasteiger partial charge in [-0.25, -0.2) is 0 Å². The lowest BCUT2D eigenvalue weighted by Crippen LogP contribution is -2.24. The zero-order valence-corrected chi connectivity index (χ0v) is 10.8. The van der Waals surface area contributed by atoms with Crippen molar-refractivity contribution >= 4 is 0 Å². The van der Waals surface area contributed by atoms with Crippen LogP contribution in [0.5, 0.6) is 0 Å². The van der Waals surface area contributed by atoms with Crippen LogP contribution in [-0.2, 0) is 0 Å². The van der Waals surface area contributed by atoms with Crippen molar-refractivity contribution in [1.29, 1.82) is 0 Å². The van der Waals surface area contributed by atoms with Crippen LogP contribution in [0.25, 0.3) is 0 Å². The van der Waals surface area contributed by atoms with Gasteiger partial charge < -0.3 is 10.2 Å². The summed E-state index contributed by atoms with van der Waals surface area (Å²) in [7, 11) is 0. The van der Waals surface area contributed by atoms with E-state index in [1.54, 1.807) is 0 Å². The highest BCUT2D eigenvalue weighted by Crippen LogP contribution is 2.26. The topological polar surface area (TPSA) is 40.5 Å². The molecule has 0 heterocycles. The minimum Gasteiger partial charge on any atom is -0.390 e. The molecular formula is C14H22O2. The molecule has 2 nitrogen and oxygen atoms in total. The van der Waals surface area contributed by atoms with Crippen LogP contribution in [0, 0.1) is 26.7 Å². The zero-order valence-electron chi connectivity index (χ0n) is 10.8. The third-order valence-corrected chi connectivity index (χ3v) is 3.21. The molecule has 16 heavy (non-hydrogen) atoms. The molecule has 2 unspecified atom stereocenters. The lowest BCUT2D eigenvalue weighted by molar-refractivity contribution is -0.00974. The van der Waals surface area contributed by atoms with Crippen LogP contribution in [0.2, 0.25) is 0 Å². The Bertz CT molecular complexity index is 369. The molecule has 0 aliphatic heterocycles. The summed E-state index contributed by atoms with van der Waals surface area (Å²) in [6, 6.07) is 4.03. The minimum atomic E-state index is -0.792. The van der Waals surface area contributed by atoms with E-state index < -0.39 is 12.2 Å². The van der Waals surface area contributed by atoms with Crippen LogP contribution in [-0.4, -0.2) is 16.3 Å². The van der Waals surface area contributed by atoms with Crippen molar-refractivity contribution in [2.24, 2.45) is 5.92 Å². The second kappa shape index (κ2) is 4.98. The van der Waals surface area contributed by atoms with Gasteiger partial charge in [0.05, 0.1) is 6.10 Å². The van der Waals surface area contributed by atoms with E-state index in [0.29, 0.717) is 0 Å². The molecule has 2 atom stereocenters. The summed E-state index contributed by atoms with van der Waals surface area (Å²) >= 11 is 0. The Labute approximate surface area is 97.9 Å². The summed E-state index contributed by atoms with van der Waals surface area (Å²) in [5.41, 5.74) is 4.24. The summed E-state index contributed by atoms with van der Waals surface area (Å²) in [5, 5.41) is 20.0. The third kappa shape index (κ3) is 2.63. The number of rotatable bonds is 3. The van der Waals surface area contributed by atoms with E-state index in [-0.39, 0.29) is 5.92 Å². The number of aliphatic hydroxyl groups is 2. The van der Waals surface area contributed by atoms with E-state index in [1.165, 1.54) is 5.56 Å². The highest BCUT2D eigenvalue weighted by molar-refractivity contribution is 5.38. The summed E-state index contributed by atoms with van der Waals surface area (Å²) in [5.74, 6) is 0.0519. The molecule has 0 bridgehead atoms. The van der Waals surface area contributed by atoms with Gasteiger partial charge in [-0.15, -0.1) is 0 Å².